The van der Waals surface area contributed by atoms with E-state index in [0.29, 0.717) is 18.9 Å². The third kappa shape index (κ3) is 4.34. The summed E-state index contributed by atoms with van der Waals surface area (Å²) in [6.07, 6.45) is 3.30. The molecule has 1 aliphatic heterocycles. The second kappa shape index (κ2) is 8.49. The molecule has 0 aliphatic carbocycles. The maximum Gasteiger partial charge on any atom is 0.290 e. The Labute approximate surface area is 175 Å². The van der Waals surface area contributed by atoms with Crippen molar-refractivity contribution in [2.75, 3.05) is 13.2 Å². The van der Waals surface area contributed by atoms with Gasteiger partial charge in [-0.1, -0.05) is 17.7 Å². The maximum atomic E-state index is 13.1. The molecule has 0 bridgehead atoms. The number of carbonyl (C=O) groups excluding carboxylic acids is 1. The SMILES string of the molecule is Cc1ccc(S(=O)(=O)c2ccc(C(=O)N(Cc3ccco3)CC3CCCO3)o2)cc1. The van der Waals surface area contributed by atoms with Crippen molar-refractivity contribution in [1.29, 1.82) is 0 Å². The van der Waals surface area contributed by atoms with E-state index in [-0.39, 0.29) is 28.4 Å². The lowest BCUT2D eigenvalue weighted by Crippen LogP contribution is -2.36. The fourth-order valence-corrected chi connectivity index (χ4v) is 4.59. The molecule has 1 atom stereocenters. The molecule has 3 heterocycles. The fourth-order valence-electron chi connectivity index (χ4n) is 3.41. The summed E-state index contributed by atoms with van der Waals surface area (Å²) in [4.78, 5) is 14.8. The van der Waals surface area contributed by atoms with Crippen LogP contribution in [0.5, 0.6) is 0 Å². The van der Waals surface area contributed by atoms with Crippen molar-refractivity contribution in [1.82, 2.24) is 4.90 Å². The van der Waals surface area contributed by atoms with Crippen LogP contribution in [-0.2, 0) is 21.1 Å². The van der Waals surface area contributed by atoms with Gasteiger partial charge in [-0.25, -0.2) is 8.42 Å². The molecule has 1 unspecified atom stereocenters. The van der Waals surface area contributed by atoms with Gasteiger partial charge < -0.3 is 18.5 Å². The van der Waals surface area contributed by atoms with Gasteiger partial charge in [0.15, 0.2) is 5.76 Å². The maximum absolute atomic E-state index is 13.1. The Kier molecular flexibility index (Phi) is 5.78. The van der Waals surface area contributed by atoms with Crippen molar-refractivity contribution in [3.63, 3.8) is 0 Å². The Bertz CT molecular complexity index is 1090. The van der Waals surface area contributed by atoms with Crippen molar-refractivity contribution in [2.45, 2.75) is 42.4 Å². The zero-order chi connectivity index (χ0) is 21.1. The molecule has 0 radical (unpaired) electrons. The predicted molar refractivity (Wildman–Crippen MR) is 108 cm³/mol. The number of sulfone groups is 1. The molecule has 0 N–H and O–H groups in total. The minimum Gasteiger partial charge on any atom is -0.467 e. The summed E-state index contributed by atoms with van der Waals surface area (Å²) in [6, 6.07) is 12.7. The highest BCUT2D eigenvalue weighted by molar-refractivity contribution is 7.91. The molecule has 30 heavy (non-hydrogen) atoms. The van der Waals surface area contributed by atoms with Crippen LogP contribution in [0.2, 0.25) is 0 Å². The summed E-state index contributed by atoms with van der Waals surface area (Å²) >= 11 is 0. The van der Waals surface area contributed by atoms with Gasteiger partial charge in [0.1, 0.15) is 5.76 Å². The van der Waals surface area contributed by atoms with Crippen LogP contribution in [0.1, 0.15) is 34.7 Å². The molecule has 0 spiro atoms. The Hall–Kier alpha value is -2.84. The molecule has 1 aliphatic rings. The Morgan fingerprint density at radius 3 is 2.60 bits per heavy atom. The molecule has 158 valence electrons. The molecule has 4 rings (SSSR count). The first kappa shape index (κ1) is 20.4. The molecular weight excluding hydrogens is 406 g/mol. The van der Waals surface area contributed by atoms with Gasteiger partial charge in [-0.2, -0.15) is 0 Å². The molecule has 3 aromatic rings. The average Bonchev–Trinajstić information content (AvgIpc) is 3.50. The molecule has 1 fully saturated rings. The van der Waals surface area contributed by atoms with Gasteiger partial charge in [-0.15, -0.1) is 0 Å². The van der Waals surface area contributed by atoms with Crippen LogP contribution < -0.4 is 0 Å². The van der Waals surface area contributed by atoms with Gasteiger partial charge in [-0.05, 0) is 56.2 Å². The first-order chi connectivity index (χ1) is 14.4. The van der Waals surface area contributed by atoms with Crippen molar-refractivity contribution in [3.05, 3.63) is 71.9 Å². The zero-order valence-electron chi connectivity index (χ0n) is 16.6. The molecule has 1 saturated heterocycles. The van der Waals surface area contributed by atoms with Crippen molar-refractivity contribution in [3.8, 4) is 0 Å². The second-order valence-electron chi connectivity index (χ2n) is 7.34. The predicted octanol–water partition coefficient (Wildman–Crippen LogP) is 3.84. The Morgan fingerprint density at radius 1 is 1.13 bits per heavy atom. The van der Waals surface area contributed by atoms with Crippen molar-refractivity contribution in [2.24, 2.45) is 0 Å². The zero-order valence-corrected chi connectivity index (χ0v) is 17.4. The number of furan rings is 2. The minimum absolute atomic E-state index is 0.0368. The third-order valence-electron chi connectivity index (χ3n) is 5.05. The van der Waals surface area contributed by atoms with Gasteiger partial charge in [0.05, 0.1) is 23.8 Å². The summed E-state index contributed by atoms with van der Waals surface area (Å²) in [5, 5.41) is -0.259. The van der Waals surface area contributed by atoms with E-state index in [2.05, 4.69) is 0 Å². The number of benzene rings is 1. The Balaban J connectivity index is 1.57. The molecular formula is C22H23NO6S. The number of carbonyl (C=O) groups is 1. The van der Waals surface area contributed by atoms with Crippen molar-refractivity contribution < 1.29 is 26.8 Å². The molecule has 1 aromatic carbocycles. The molecule has 8 heteroatoms. The van der Waals surface area contributed by atoms with Gasteiger partial charge in [0, 0.05) is 13.2 Å². The van der Waals surface area contributed by atoms with Crippen LogP contribution in [0.25, 0.3) is 0 Å². The van der Waals surface area contributed by atoms with Crippen LogP contribution in [0.15, 0.2) is 73.6 Å². The standard InChI is InChI=1S/C22H23NO6S/c1-16-6-8-19(9-7-16)30(25,26)21-11-10-20(29-21)22(24)23(14-17-4-2-12-27-17)15-18-5-3-13-28-18/h2,4,6-12,18H,3,5,13-15H2,1H3. The number of hydrogen-bond acceptors (Lipinski definition) is 6. The van der Waals surface area contributed by atoms with Gasteiger partial charge in [0.25, 0.3) is 5.91 Å². The largest absolute Gasteiger partial charge is 0.467 e. The minimum atomic E-state index is -3.85. The number of hydrogen-bond donors (Lipinski definition) is 0. The first-order valence-electron chi connectivity index (χ1n) is 9.78. The lowest BCUT2D eigenvalue weighted by atomic mass is 10.2. The van der Waals surface area contributed by atoms with E-state index in [9.17, 15) is 13.2 Å². The van der Waals surface area contributed by atoms with Crippen LogP contribution in [0.4, 0.5) is 0 Å². The van der Waals surface area contributed by atoms with E-state index in [1.54, 1.807) is 35.4 Å². The number of aryl methyl sites for hydroxylation is 1. The van der Waals surface area contributed by atoms with E-state index >= 15 is 0 Å². The van der Waals surface area contributed by atoms with Gasteiger partial charge >= 0.3 is 0 Å². The summed E-state index contributed by atoms with van der Waals surface area (Å²) in [5.41, 5.74) is 0.951. The summed E-state index contributed by atoms with van der Waals surface area (Å²) in [5.74, 6) is 0.179. The second-order valence-corrected chi connectivity index (χ2v) is 9.22. The number of amides is 1. The van der Waals surface area contributed by atoms with Crippen LogP contribution in [0.3, 0.4) is 0 Å². The molecule has 2 aromatic heterocycles. The van der Waals surface area contributed by atoms with Gasteiger partial charge in [-0.3, -0.25) is 4.79 Å². The van der Waals surface area contributed by atoms with Crippen LogP contribution in [-0.4, -0.2) is 38.5 Å². The highest BCUT2D eigenvalue weighted by Gasteiger charge is 2.28. The summed E-state index contributed by atoms with van der Waals surface area (Å²) < 4.78 is 42.2. The van der Waals surface area contributed by atoms with Crippen LogP contribution in [0, 0.1) is 6.92 Å². The fraction of sp³-hybridized carbons (Fsp3) is 0.318. The van der Waals surface area contributed by atoms with E-state index in [4.69, 9.17) is 13.6 Å². The molecule has 1 amide bonds. The summed E-state index contributed by atoms with van der Waals surface area (Å²) in [7, 11) is -3.85. The highest BCUT2D eigenvalue weighted by Crippen LogP contribution is 2.25. The van der Waals surface area contributed by atoms with E-state index < -0.39 is 15.7 Å². The van der Waals surface area contributed by atoms with Crippen molar-refractivity contribution >= 4 is 15.7 Å². The third-order valence-corrected chi connectivity index (χ3v) is 6.69. The van der Waals surface area contributed by atoms with E-state index in [0.717, 1.165) is 18.4 Å². The highest BCUT2D eigenvalue weighted by atomic mass is 32.2. The quantitative estimate of drug-likeness (QED) is 0.567. The number of rotatable bonds is 7. The molecule has 0 saturated carbocycles. The topological polar surface area (TPSA) is 90.0 Å². The smallest absolute Gasteiger partial charge is 0.290 e. The average molecular weight is 429 g/mol. The lowest BCUT2D eigenvalue weighted by Gasteiger charge is -2.23. The number of nitrogens with zero attached hydrogens (tertiary/aromatic N) is 1. The first-order valence-corrected chi connectivity index (χ1v) is 11.3. The van der Waals surface area contributed by atoms with E-state index in [1.807, 2.05) is 6.92 Å². The molecule has 7 nitrogen and oxygen atoms in total. The lowest BCUT2D eigenvalue weighted by molar-refractivity contribution is 0.0464. The van der Waals surface area contributed by atoms with E-state index in [1.165, 1.54) is 24.3 Å². The monoisotopic (exact) mass is 429 g/mol. The summed E-state index contributed by atoms with van der Waals surface area (Å²) in [6.45, 7) is 3.17. The normalized spacial score (nSPS) is 16.6. The van der Waals surface area contributed by atoms with Crippen LogP contribution >= 0.6 is 0 Å². The van der Waals surface area contributed by atoms with Gasteiger partial charge in [0.2, 0.25) is 14.9 Å². The number of ether oxygens (including phenoxy) is 1. The Morgan fingerprint density at radius 2 is 1.93 bits per heavy atom.